The van der Waals surface area contributed by atoms with Crippen molar-refractivity contribution in [3.63, 3.8) is 0 Å². The fourth-order valence-electron chi connectivity index (χ4n) is 4.34. The van der Waals surface area contributed by atoms with Gasteiger partial charge in [0.1, 0.15) is 5.75 Å². The van der Waals surface area contributed by atoms with E-state index < -0.39 is 0 Å². The molecule has 0 aliphatic carbocycles. The molecule has 148 valence electrons. The van der Waals surface area contributed by atoms with Crippen molar-refractivity contribution in [1.82, 2.24) is 19.8 Å². The van der Waals surface area contributed by atoms with Gasteiger partial charge in [0.25, 0.3) is 0 Å². The molecule has 0 radical (unpaired) electrons. The van der Waals surface area contributed by atoms with Crippen LogP contribution in [0.1, 0.15) is 60.4 Å². The summed E-state index contributed by atoms with van der Waals surface area (Å²) >= 11 is 0. The number of rotatable bonds is 3. The molecule has 0 saturated carbocycles. The SMILES string of the molecule is CC(=O)N1CCCCC1c1ncc2c(n1)CCN(Cc1cc(C)ccc1O)C2. The highest BCUT2D eigenvalue weighted by atomic mass is 16.3. The van der Waals surface area contributed by atoms with Gasteiger partial charge in [0.15, 0.2) is 5.82 Å². The van der Waals surface area contributed by atoms with Gasteiger partial charge in [0.05, 0.1) is 6.04 Å². The molecule has 2 aromatic rings. The summed E-state index contributed by atoms with van der Waals surface area (Å²) in [5.41, 5.74) is 4.36. The van der Waals surface area contributed by atoms with Gasteiger partial charge in [0, 0.05) is 62.5 Å². The monoisotopic (exact) mass is 380 g/mol. The summed E-state index contributed by atoms with van der Waals surface area (Å²) in [7, 11) is 0. The first-order valence-corrected chi connectivity index (χ1v) is 10.1. The van der Waals surface area contributed by atoms with E-state index in [1.165, 1.54) is 0 Å². The Morgan fingerprint density at radius 1 is 1.29 bits per heavy atom. The maximum atomic E-state index is 12.0. The number of fused-ring (bicyclic) bond motifs is 1. The highest BCUT2D eigenvalue weighted by Crippen LogP contribution is 2.30. The number of amides is 1. The summed E-state index contributed by atoms with van der Waals surface area (Å²) in [5.74, 6) is 1.25. The van der Waals surface area contributed by atoms with E-state index in [4.69, 9.17) is 4.98 Å². The largest absolute Gasteiger partial charge is 0.508 e. The van der Waals surface area contributed by atoms with Crippen molar-refractivity contribution >= 4 is 5.91 Å². The first-order chi connectivity index (χ1) is 13.5. The Labute approximate surface area is 166 Å². The lowest BCUT2D eigenvalue weighted by atomic mass is 10.00. The average Bonchev–Trinajstić information content (AvgIpc) is 2.70. The molecular weight excluding hydrogens is 352 g/mol. The molecule has 0 spiro atoms. The van der Waals surface area contributed by atoms with Crippen molar-refractivity contribution in [2.24, 2.45) is 0 Å². The van der Waals surface area contributed by atoms with Crippen LogP contribution in [0.25, 0.3) is 0 Å². The van der Waals surface area contributed by atoms with E-state index >= 15 is 0 Å². The number of benzene rings is 1. The number of nitrogens with zero attached hydrogens (tertiary/aromatic N) is 4. The minimum Gasteiger partial charge on any atom is -0.508 e. The summed E-state index contributed by atoms with van der Waals surface area (Å²) in [4.78, 5) is 25.7. The van der Waals surface area contributed by atoms with Gasteiger partial charge >= 0.3 is 0 Å². The summed E-state index contributed by atoms with van der Waals surface area (Å²) in [6, 6.07) is 5.75. The third kappa shape index (κ3) is 3.87. The number of hydrogen-bond acceptors (Lipinski definition) is 5. The van der Waals surface area contributed by atoms with Gasteiger partial charge in [0.2, 0.25) is 5.91 Å². The summed E-state index contributed by atoms with van der Waals surface area (Å²) < 4.78 is 0. The van der Waals surface area contributed by atoms with Crippen LogP contribution in [-0.4, -0.2) is 43.9 Å². The molecule has 1 atom stereocenters. The Kier molecular flexibility index (Phi) is 5.31. The predicted molar refractivity (Wildman–Crippen MR) is 107 cm³/mol. The number of likely N-dealkylation sites (tertiary alicyclic amines) is 1. The average molecular weight is 380 g/mol. The number of carbonyl (C=O) groups excluding carboxylic acids is 1. The minimum absolute atomic E-state index is 0.0128. The maximum absolute atomic E-state index is 12.0. The number of aromatic hydroxyl groups is 1. The van der Waals surface area contributed by atoms with E-state index in [0.29, 0.717) is 5.75 Å². The number of aromatic nitrogens is 2. The van der Waals surface area contributed by atoms with Crippen LogP contribution in [0.3, 0.4) is 0 Å². The highest BCUT2D eigenvalue weighted by Gasteiger charge is 2.29. The van der Waals surface area contributed by atoms with Gasteiger partial charge in [-0.05, 0) is 32.3 Å². The van der Waals surface area contributed by atoms with Gasteiger partial charge in [-0.3, -0.25) is 9.69 Å². The fraction of sp³-hybridized carbons (Fsp3) is 0.500. The predicted octanol–water partition coefficient (Wildman–Crippen LogP) is 3.12. The third-order valence-electron chi connectivity index (χ3n) is 5.87. The highest BCUT2D eigenvalue weighted by molar-refractivity contribution is 5.73. The molecule has 1 unspecified atom stereocenters. The molecule has 2 aliphatic rings. The maximum Gasteiger partial charge on any atom is 0.220 e. The Bertz CT molecular complexity index is 883. The molecule has 28 heavy (non-hydrogen) atoms. The number of hydrogen-bond donors (Lipinski definition) is 1. The Morgan fingerprint density at radius 3 is 2.96 bits per heavy atom. The second-order valence-electron chi connectivity index (χ2n) is 8.02. The lowest BCUT2D eigenvalue weighted by molar-refractivity contribution is -0.132. The van der Waals surface area contributed by atoms with Gasteiger partial charge in [-0.25, -0.2) is 9.97 Å². The van der Waals surface area contributed by atoms with Crippen LogP contribution >= 0.6 is 0 Å². The van der Waals surface area contributed by atoms with Crippen molar-refractivity contribution in [1.29, 1.82) is 0 Å². The molecule has 1 amide bonds. The molecule has 2 aliphatic heterocycles. The van der Waals surface area contributed by atoms with E-state index in [-0.39, 0.29) is 11.9 Å². The molecule has 1 aromatic heterocycles. The smallest absolute Gasteiger partial charge is 0.220 e. The van der Waals surface area contributed by atoms with Crippen LogP contribution in [0.4, 0.5) is 0 Å². The molecule has 3 heterocycles. The number of phenols is 1. The third-order valence-corrected chi connectivity index (χ3v) is 5.87. The van der Waals surface area contributed by atoms with E-state index in [1.807, 2.05) is 30.2 Å². The van der Waals surface area contributed by atoms with Crippen LogP contribution in [0.2, 0.25) is 0 Å². The van der Waals surface area contributed by atoms with Gasteiger partial charge in [-0.1, -0.05) is 17.7 Å². The number of phenolic OH excluding ortho intramolecular Hbond substituents is 1. The lowest BCUT2D eigenvalue weighted by Gasteiger charge is -2.35. The molecule has 4 rings (SSSR count). The van der Waals surface area contributed by atoms with Crippen molar-refractivity contribution in [3.05, 3.63) is 52.6 Å². The molecule has 6 nitrogen and oxygen atoms in total. The fourth-order valence-corrected chi connectivity index (χ4v) is 4.34. The van der Waals surface area contributed by atoms with E-state index in [0.717, 1.165) is 80.1 Å². The zero-order chi connectivity index (χ0) is 19.7. The van der Waals surface area contributed by atoms with Crippen molar-refractivity contribution in [3.8, 4) is 5.75 Å². The van der Waals surface area contributed by atoms with E-state index in [1.54, 1.807) is 13.0 Å². The summed E-state index contributed by atoms with van der Waals surface area (Å²) in [6.07, 6.45) is 5.92. The normalized spacial score (nSPS) is 20.1. The van der Waals surface area contributed by atoms with Crippen LogP contribution < -0.4 is 0 Å². The number of aryl methyl sites for hydroxylation is 1. The number of piperidine rings is 1. The molecule has 1 saturated heterocycles. The Balaban J connectivity index is 1.50. The first-order valence-electron chi connectivity index (χ1n) is 10.1. The van der Waals surface area contributed by atoms with Crippen LogP contribution in [0.5, 0.6) is 5.75 Å². The topological polar surface area (TPSA) is 69.6 Å². The zero-order valence-corrected chi connectivity index (χ0v) is 16.7. The van der Waals surface area contributed by atoms with Crippen LogP contribution in [-0.2, 0) is 24.3 Å². The molecule has 1 N–H and O–H groups in total. The molecule has 1 fully saturated rings. The van der Waals surface area contributed by atoms with E-state index in [9.17, 15) is 9.90 Å². The van der Waals surface area contributed by atoms with Crippen molar-refractivity contribution < 1.29 is 9.90 Å². The van der Waals surface area contributed by atoms with Gasteiger partial charge < -0.3 is 10.0 Å². The van der Waals surface area contributed by atoms with Gasteiger partial charge in [-0.2, -0.15) is 0 Å². The molecule has 6 heteroatoms. The Morgan fingerprint density at radius 2 is 2.14 bits per heavy atom. The number of carbonyl (C=O) groups is 1. The lowest BCUT2D eigenvalue weighted by Crippen LogP contribution is -2.38. The standard InChI is InChI=1S/C22H28N4O2/c1-15-6-7-21(28)17(11-15)13-25-10-8-19-18(14-25)12-23-22(24-19)20-5-3-4-9-26(20)16(2)27/h6-7,11-12,20,28H,3-5,8-10,13-14H2,1-2H3. The van der Waals surface area contributed by atoms with Crippen LogP contribution in [0.15, 0.2) is 24.4 Å². The first kappa shape index (κ1) is 18.9. The van der Waals surface area contributed by atoms with Crippen molar-refractivity contribution in [2.75, 3.05) is 13.1 Å². The zero-order valence-electron chi connectivity index (χ0n) is 16.7. The van der Waals surface area contributed by atoms with Crippen molar-refractivity contribution in [2.45, 2.75) is 58.7 Å². The summed E-state index contributed by atoms with van der Waals surface area (Å²) in [6.45, 7) is 6.88. The molecule has 1 aromatic carbocycles. The summed E-state index contributed by atoms with van der Waals surface area (Å²) in [5, 5.41) is 10.1. The minimum atomic E-state index is 0.0128. The van der Waals surface area contributed by atoms with E-state index in [2.05, 4.69) is 9.88 Å². The Hall–Kier alpha value is -2.47. The quantitative estimate of drug-likeness (QED) is 0.886. The molecular formula is C22H28N4O2. The van der Waals surface area contributed by atoms with Crippen LogP contribution in [0, 0.1) is 6.92 Å². The second-order valence-corrected chi connectivity index (χ2v) is 8.02. The van der Waals surface area contributed by atoms with Gasteiger partial charge in [-0.15, -0.1) is 0 Å². The second kappa shape index (κ2) is 7.87. The molecule has 0 bridgehead atoms.